The summed E-state index contributed by atoms with van der Waals surface area (Å²) in [6.45, 7) is 1.62. The molecule has 1 amide bonds. The number of anilines is 2. The van der Waals surface area contributed by atoms with Crippen molar-refractivity contribution in [3.05, 3.63) is 23.5 Å². The van der Waals surface area contributed by atoms with Gasteiger partial charge in [0.2, 0.25) is 0 Å². The van der Waals surface area contributed by atoms with E-state index in [0.29, 0.717) is 16.9 Å². The summed E-state index contributed by atoms with van der Waals surface area (Å²) in [5.41, 5.74) is 1.36. The lowest BCUT2D eigenvalue weighted by atomic mass is 10.1. The normalized spacial score (nSPS) is 22.9. The molecule has 4 nitrogen and oxygen atoms in total. The molecule has 0 aromatic heterocycles. The number of carbonyl (C=O) groups is 1. The largest absolute Gasteiger partial charge is 0.378 e. The van der Waals surface area contributed by atoms with Crippen molar-refractivity contribution in [2.45, 2.75) is 12.5 Å². The molecule has 2 aliphatic heterocycles. The molecule has 1 atom stereocenters. The Labute approximate surface area is 115 Å². The van der Waals surface area contributed by atoms with Gasteiger partial charge in [-0.2, -0.15) is 11.8 Å². The van der Waals surface area contributed by atoms with Gasteiger partial charge in [-0.1, -0.05) is 0 Å². The van der Waals surface area contributed by atoms with Gasteiger partial charge in [-0.05, 0) is 24.3 Å². The van der Waals surface area contributed by atoms with Crippen molar-refractivity contribution >= 4 is 29.0 Å². The van der Waals surface area contributed by atoms with E-state index in [1.807, 2.05) is 16.7 Å². The van der Waals surface area contributed by atoms with Gasteiger partial charge >= 0.3 is 0 Å². The molecule has 2 N–H and O–H groups in total. The smallest absolute Gasteiger partial charge is 0.257 e. The average molecular weight is 282 g/mol. The molecule has 2 aliphatic rings. The second kappa shape index (κ2) is 5.02. The van der Waals surface area contributed by atoms with Crippen LogP contribution in [0.25, 0.3) is 0 Å². The van der Waals surface area contributed by atoms with E-state index in [-0.39, 0.29) is 5.82 Å². The number of rotatable bonds is 1. The van der Waals surface area contributed by atoms with E-state index in [4.69, 9.17) is 0 Å². The molecule has 3 rings (SSSR count). The van der Waals surface area contributed by atoms with E-state index in [0.717, 1.165) is 31.0 Å². The number of aliphatic hydroxyl groups excluding tert-OH is 1. The van der Waals surface area contributed by atoms with Gasteiger partial charge in [0.1, 0.15) is 5.82 Å². The highest BCUT2D eigenvalue weighted by atomic mass is 32.2. The standard InChI is InChI=1S/C13H15FN2O2S/c14-9-6-8-10(15-13(18)12(8)17)7-11(9)16-2-1-4-19-5-3-16/h6-7,12,17H,1-5H2,(H,15,18). The van der Waals surface area contributed by atoms with Crippen molar-refractivity contribution in [1.29, 1.82) is 0 Å². The minimum absolute atomic E-state index is 0.329. The molecule has 0 saturated carbocycles. The fourth-order valence-electron chi connectivity index (χ4n) is 2.48. The number of halogens is 1. The first-order chi connectivity index (χ1) is 9.16. The molecule has 0 bridgehead atoms. The second-order valence-electron chi connectivity index (χ2n) is 4.74. The number of nitrogens with one attached hydrogen (secondary N) is 1. The van der Waals surface area contributed by atoms with Crippen LogP contribution in [0, 0.1) is 5.82 Å². The zero-order valence-corrected chi connectivity index (χ0v) is 11.2. The lowest BCUT2D eigenvalue weighted by molar-refractivity contribution is -0.123. The average Bonchev–Trinajstić information content (AvgIpc) is 2.63. The Morgan fingerprint density at radius 2 is 2.21 bits per heavy atom. The maximum absolute atomic E-state index is 14.2. The van der Waals surface area contributed by atoms with Crippen LogP contribution in [0.4, 0.5) is 15.8 Å². The number of benzene rings is 1. The van der Waals surface area contributed by atoms with Crippen molar-refractivity contribution in [2.24, 2.45) is 0 Å². The predicted molar refractivity (Wildman–Crippen MR) is 74.1 cm³/mol. The maximum atomic E-state index is 14.2. The lowest BCUT2D eigenvalue weighted by Gasteiger charge is -2.23. The van der Waals surface area contributed by atoms with Gasteiger partial charge in [-0.25, -0.2) is 4.39 Å². The van der Waals surface area contributed by atoms with E-state index in [2.05, 4.69) is 5.32 Å². The number of aliphatic hydroxyl groups is 1. The van der Waals surface area contributed by atoms with Crippen LogP contribution in [0.3, 0.4) is 0 Å². The summed E-state index contributed by atoms with van der Waals surface area (Å²) < 4.78 is 14.2. The second-order valence-corrected chi connectivity index (χ2v) is 5.96. The third-order valence-corrected chi connectivity index (χ3v) is 4.53. The summed E-state index contributed by atoms with van der Waals surface area (Å²) in [5.74, 6) is 1.21. The molecule has 0 radical (unpaired) electrons. The van der Waals surface area contributed by atoms with Crippen molar-refractivity contribution in [2.75, 3.05) is 34.8 Å². The van der Waals surface area contributed by atoms with Gasteiger partial charge in [0.15, 0.2) is 6.10 Å². The molecular weight excluding hydrogens is 267 g/mol. The molecule has 1 saturated heterocycles. The van der Waals surface area contributed by atoms with Crippen molar-refractivity contribution < 1.29 is 14.3 Å². The highest BCUT2D eigenvalue weighted by molar-refractivity contribution is 7.99. The van der Waals surface area contributed by atoms with Gasteiger partial charge in [-0.3, -0.25) is 4.79 Å². The Hall–Kier alpha value is -1.27. The van der Waals surface area contributed by atoms with Gasteiger partial charge < -0.3 is 15.3 Å². The molecule has 1 unspecified atom stereocenters. The van der Waals surface area contributed by atoms with Crippen LogP contribution in [0.1, 0.15) is 18.1 Å². The Bertz CT molecular complexity index is 516. The van der Waals surface area contributed by atoms with Gasteiger partial charge in [0, 0.05) is 30.1 Å². The topological polar surface area (TPSA) is 52.6 Å². The third kappa shape index (κ3) is 2.30. The molecule has 19 heavy (non-hydrogen) atoms. The SMILES string of the molecule is O=C1Nc2cc(N3CCCSCC3)c(F)cc2C1O. The van der Waals surface area contributed by atoms with Crippen LogP contribution < -0.4 is 10.2 Å². The summed E-state index contributed by atoms with van der Waals surface area (Å²) in [4.78, 5) is 13.4. The molecular formula is C13H15FN2O2S. The van der Waals surface area contributed by atoms with Crippen LogP contribution >= 0.6 is 11.8 Å². The highest BCUT2D eigenvalue weighted by Gasteiger charge is 2.30. The number of fused-ring (bicyclic) bond motifs is 1. The summed E-state index contributed by atoms with van der Waals surface area (Å²) in [5, 5.41) is 12.2. The first-order valence-electron chi connectivity index (χ1n) is 6.32. The Kier molecular flexibility index (Phi) is 3.36. The molecule has 2 heterocycles. The Morgan fingerprint density at radius 3 is 3.05 bits per heavy atom. The number of carbonyl (C=O) groups excluding carboxylic acids is 1. The number of nitrogens with zero attached hydrogens (tertiary/aromatic N) is 1. The van der Waals surface area contributed by atoms with Crippen LogP contribution in [0.5, 0.6) is 0 Å². The lowest BCUT2D eigenvalue weighted by Crippen LogP contribution is -2.26. The first kappa shape index (κ1) is 12.7. The summed E-state index contributed by atoms with van der Waals surface area (Å²) >= 11 is 1.87. The fraction of sp³-hybridized carbons (Fsp3) is 0.462. The Morgan fingerprint density at radius 1 is 1.37 bits per heavy atom. The maximum Gasteiger partial charge on any atom is 0.257 e. The first-order valence-corrected chi connectivity index (χ1v) is 7.47. The highest BCUT2D eigenvalue weighted by Crippen LogP contribution is 2.36. The molecule has 102 valence electrons. The number of hydrogen-bond acceptors (Lipinski definition) is 4. The Balaban J connectivity index is 1.95. The molecule has 1 aromatic rings. The molecule has 6 heteroatoms. The van der Waals surface area contributed by atoms with Crippen LogP contribution in [0.2, 0.25) is 0 Å². The minimum Gasteiger partial charge on any atom is -0.378 e. The number of amides is 1. The van der Waals surface area contributed by atoms with E-state index in [9.17, 15) is 14.3 Å². The minimum atomic E-state index is -1.25. The quantitative estimate of drug-likeness (QED) is 0.824. The van der Waals surface area contributed by atoms with Gasteiger partial charge in [0.25, 0.3) is 5.91 Å². The third-order valence-electron chi connectivity index (χ3n) is 3.48. The van der Waals surface area contributed by atoms with Gasteiger partial charge in [-0.15, -0.1) is 0 Å². The van der Waals surface area contributed by atoms with Crippen LogP contribution in [-0.4, -0.2) is 35.6 Å². The van der Waals surface area contributed by atoms with E-state index in [1.54, 1.807) is 6.07 Å². The van der Waals surface area contributed by atoms with E-state index >= 15 is 0 Å². The zero-order valence-electron chi connectivity index (χ0n) is 10.4. The monoisotopic (exact) mass is 282 g/mol. The van der Waals surface area contributed by atoms with E-state index in [1.165, 1.54) is 6.07 Å². The molecule has 0 aliphatic carbocycles. The van der Waals surface area contributed by atoms with Crippen molar-refractivity contribution in [3.63, 3.8) is 0 Å². The molecule has 1 aromatic carbocycles. The summed E-state index contributed by atoms with van der Waals surface area (Å²) in [6.07, 6.45) is -0.228. The van der Waals surface area contributed by atoms with E-state index < -0.39 is 12.0 Å². The van der Waals surface area contributed by atoms with Crippen molar-refractivity contribution in [3.8, 4) is 0 Å². The zero-order chi connectivity index (χ0) is 13.4. The number of thioether (sulfide) groups is 1. The van der Waals surface area contributed by atoms with Gasteiger partial charge in [0.05, 0.1) is 5.69 Å². The molecule has 0 spiro atoms. The summed E-state index contributed by atoms with van der Waals surface area (Å²) in [6, 6.07) is 2.90. The molecule has 1 fully saturated rings. The van der Waals surface area contributed by atoms with Crippen LogP contribution in [-0.2, 0) is 4.79 Å². The van der Waals surface area contributed by atoms with Crippen LogP contribution in [0.15, 0.2) is 12.1 Å². The predicted octanol–water partition coefficient (Wildman–Crippen LogP) is 1.75. The summed E-state index contributed by atoms with van der Waals surface area (Å²) in [7, 11) is 0. The van der Waals surface area contributed by atoms with Crippen molar-refractivity contribution in [1.82, 2.24) is 0 Å². The fourth-order valence-corrected chi connectivity index (χ4v) is 3.37. The number of hydrogen-bond donors (Lipinski definition) is 2.